The topological polar surface area (TPSA) is 38.5 Å². The lowest BCUT2D eigenvalue weighted by Gasteiger charge is -2.17. The summed E-state index contributed by atoms with van der Waals surface area (Å²) < 4.78 is 18.8. The number of benzene rings is 2. The highest BCUT2D eigenvalue weighted by molar-refractivity contribution is 5.85. The number of halogens is 2. The van der Waals surface area contributed by atoms with Crippen LogP contribution in [0.15, 0.2) is 48.5 Å². The van der Waals surface area contributed by atoms with Crippen LogP contribution in [0.2, 0.25) is 0 Å². The fourth-order valence-electron chi connectivity index (χ4n) is 3.47. The number of rotatable bonds is 5. The largest absolute Gasteiger partial charge is 0.494 e. The van der Waals surface area contributed by atoms with Crippen LogP contribution >= 0.6 is 12.4 Å². The minimum Gasteiger partial charge on any atom is -0.494 e. The van der Waals surface area contributed by atoms with Gasteiger partial charge in [0.25, 0.3) is 0 Å². The van der Waals surface area contributed by atoms with E-state index in [0.29, 0.717) is 18.4 Å². The molecule has 1 aliphatic rings. The van der Waals surface area contributed by atoms with Crippen molar-refractivity contribution in [3.63, 3.8) is 0 Å². The zero-order valence-corrected chi connectivity index (χ0v) is 14.6. The van der Waals surface area contributed by atoms with Crippen molar-refractivity contribution >= 4 is 12.4 Å². The van der Waals surface area contributed by atoms with Gasteiger partial charge in [0.2, 0.25) is 0 Å². The third-order valence-electron chi connectivity index (χ3n) is 4.67. The number of ether oxygens (including phenoxy) is 1. The molecule has 0 spiro atoms. The average Bonchev–Trinajstić information content (AvgIpc) is 2.99. The van der Waals surface area contributed by atoms with E-state index in [0.717, 1.165) is 25.2 Å². The van der Waals surface area contributed by atoms with E-state index in [-0.39, 0.29) is 24.0 Å². The monoisotopic (exact) mass is 350 g/mol. The summed E-state index contributed by atoms with van der Waals surface area (Å²) >= 11 is 0. The minimum atomic E-state index is -0.306. The van der Waals surface area contributed by atoms with Crippen LogP contribution in [0.1, 0.15) is 17.0 Å². The van der Waals surface area contributed by atoms with Crippen LogP contribution in [-0.4, -0.2) is 31.6 Å². The molecule has 1 aliphatic heterocycles. The summed E-state index contributed by atoms with van der Waals surface area (Å²) in [6, 6.07) is 15.7. The summed E-state index contributed by atoms with van der Waals surface area (Å²) in [6.07, 6.45) is 0. The van der Waals surface area contributed by atoms with Gasteiger partial charge in [-0.3, -0.25) is 4.90 Å². The van der Waals surface area contributed by atoms with Gasteiger partial charge >= 0.3 is 0 Å². The van der Waals surface area contributed by atoms with Crippen molar-refractivity contribution in [1.82, 2.24) is 4.90 Å². The van der Waals surface area contributed by atoms with Crippen molar-refractivity contribution in [3.8, 4) is 5.75 Å². The van der Waals surface area contributed by atoms with Gasteiger partial charge in [-0.2, -0.15) is 0 Å². The molecule has 2 N–H and O–H groups in total. The molecular formula is C19H24ClFN2O. The second kappa shape index (κ2) is 8.47. The van der Waals surface area contributed by atoms with Gasteiger partial charge < -0.3 is 10.5 Å². The molecule has 0 unspecified atom stereocenters. The molecule has 1 heterocycles. The van der Waals surface area contributed by atoms with Crippen molar-refractivity contribution < 1.29 is 9.13 Å². The SMILES string of the molecule is COc1ccc(CN2C[C@@H](CN)[C@H](c3ccccc3)C2)cc1F.Cl. The number of methoxy groups -OCH3 is 1. The number of likely N-dealkylation sites (tertiary alicyclic amines) is 1. The molecule has 0 aliphatic carbocycles. The molecule has 2 atom stereocenters. The van der Waals surface area contributed by atoms with Crippen LogP contribution < -0.4 is 10.5 Å². The van der Waals surface area contributed by atoms with Crippen LogP contribution in [-0.2, 0) is 6.54 Å². The first-order valence-corrected chi connectivity index (χ1v) is 8.01. The maximum absolute atomic E-state index is 13.8. The summed E-state index contributed by atoms with van der Waals surface area (Å²) in [6.45, 7) is 3.32. The van der Waals surface area contributed by atoms with Gasteiger partial charge in [-0.15, -0.1) is 12.4 Å². The van der Waals surface area contributed by atoms with Gasteiger partial charge in [0.15, 0.2) is 11.6 Å². The Labute approximate surface area is 149 Å². The van der Waals surface area contributed by atoms with E-state index >= 15 is 0 Å². The van der Waals surface area contributed by atoms with Gasteiger partial charge in [0.1, 0.15) is 0 Å². The highest BCUT2D eigenvalue weighted by atomic mass is 35.5. The van der Waals surface area contributed by atoms with Gasteiger partial charge in [0.05, 0.1) is 7.11 Å². The molecule has 1 fully saturated rings. The Balaban J connectivity index is 0.00000208. The maximum Gasteiger partial charge on any atom is 0.165 e. The van der Waals surface area contributed by atoms with E-state index in [9.17, 15) is 4.39 Å². The molecule has 0 amide bonds. The molecule has 130 valence electrons. The Hall–Kier alpha value is -1.62. The van der Waals surface area contributed by atoms with Gasteiger partial charge in [-0.25, -0.2) is 4.39 Å². The lowest BCUT2D eigenvalue weighted by atomic mass is 9.89. The Kier molecular flexibility index (Phi) is 6.60. The second-order valence-corrected chi connectivity index (χ2v) is 6.18. The molecule has 1 saturated heterocycles. The summed E-state index contributed by atoms with van der Waals surface area (Å²) in [5.74, 6) is 0.876. The smallest absolute Gasteiger partial charge is 0.165 e. The fourth-order valence-corrected chi connectivity index (χ4v) is 3.47. The highest BCUT2D eigenvalue weighted by Gasteiger charge is 2.32. The predicted molar refractivity (Wildman–Crippen MR) is 97.2 cm³/mol. The first kappa shape index (κ1) is 18.7. The molecule has 2 aromatic rings. The quantitative estimate of drug-likeness (QED) is 0.897. The van der Waals surface area contributed by atoms with E-state index in [1.165, 1.54) is 12.7 Å². The summed E-state index contributed by atoms with van der Waals surface area (Å²) in [7, 11) is 1.48. The first-order valence-electron chi connectivity index (χ1n) is 8.01. The Morgan fingerprint density at radius 1 is 1.17 bits per heavy atom. The van der Waals surface area contributed by atoms with E-state index in [2.05, 4.69) is 29.2 Å². The Morgan fingerprint density at radius 3 is 2.54 bits per heavy atom. The van der Waals surface area contributed by atoms with Crippen molar-refractivity contribution in [2.45, 2.75) is 12.5 Å². The van der Waals surface area contributed by atoms with Crippen LogP contribution in [0.25, 0.3) is 0 Å². The van der Waals surface area contributed by atoms with Crippen molar-refractivity contribution in [2.75, 3.05) is 26.7 Å². The number of hydrogen-bond acceptors (Lipinski definition) is 3. The van der Waals surface area contributed by atoms with Gasteiger partial charge in [0, 0.05) is 25.6 Å². The summed E-state index contributed by atoms with van der Waals surface area (Å²) in [5, 5.41) is 0. The van der Waals surface area contributed by atoms with Crippen molar-refractivity contribution in [3.05, 3.63) is 65.5 Å². The molecule has 5 heteroatoms. The fraction of sp³-hybridized carbons (Fsp3) is 0.368. The second-order valence-electron chi connectivity index (χ2n) is 6.18. The average molecular weight is 351 g/mol. The van der Waals surface area contributed by atoms with Crippen LogP contribution in [0.3, 0.4) is 0 Å². The molecule has 2 aromatic carbocycles. The summed E-state index contributed by atoms with van der Waals surface area (Å²) in [4.78, 5) is 2.36. The molecule has 0 aromatic heterocycles. The number of nitrogens with zero attached hydrogens (tertiary/aromatic N) is 1. The van der Waals surface area contributed by atoms with E-state index in [4.69, 9.17) is 10.5 Å². The summed E-state index contributed by atoms with van der Waals surface area (Å²) in [5.41, 5.74) is 8.28. The van der Waals surface area contributed by atoms with Crippen LogP contribution in [0.4, 0.5) is 4.39 Å². The van der Waals surface area contributed by atoms with Gasteiger partial charge in [-0.1, -0.05) is 36.4 Å². The maximum atomic E-state index is 13.8. The van der Waals surface area contributed by atoms with Crippen LogP contribution in [0, 0.1) is 11.7 Å². The lowest BCUT2D eigenvalue weighted by Crippen LogP contribution is -2.23. The van der Waals surface area contributed by atoms with Crippen molar-refractivity contribution in [1.29, 1.82) is 0 Å². The molecule has 0 saturated carbocycles. The Bertz CT molecular complexity index is 653. The highest BCUT2D eigenvalue weighted by Crippen LogP contribution is 2.33. The molecule has 0 radical (unpaired) electrons. The van der Waals surface area contributed by atoms with E-state index in [1.807, 2.05) is 12.1 Å². The third-order valence-corrected chi connectivity index (χ3v) is 4.67. The Morgan fingerprint density at radius 2 is 1.92 bits per heavy atom. The van der Waals surface area contributed by atoms with Crippen LogP contribution in [0.5, 0.6) is 5.75 Å². The zero-order valence-electron chi connectivity index (χ0n) is 13.8. The van der Waals surface area contributed by atoms with E-state index < -0.39 is 0 Å². The minimum absolute atomic E-state index is 0. The predicted octanol–water partition coefficient (Wildman–Crippen LogP) is 3.43. The van der Waals surface area contributed by atoms with Crippen molar-refractivity contribution in [2.24, 2.45) is 11.7 Å². The molecule has 0 bridgehead atoms. The van der Waals surface area contributed by atoms with E-state index in [1.54, 1.807) is 12.1 Å². The molecule has 3 rings (SSSR count). The molecular weight excluding hydrogens is 327 g/mol. The van der Waals surface area contributed by atoms with Gasteiger partial charge in [-0.05, 0) is 35.7 Å². The first-order chi connectivity index (χ1) is 11.2. The third kappa shape index (κ3) is 4.07. The lowest BCUT2D eigenvalue weighted by molar-refractivity contribution is 0.315. The molecule has 3 nitrogen and oxygen atoms in total. The number of hydrogen-bond donors (Lipinski definition) is 1. The standard InChI is InChI=1S/C19H23FN2O.ClH/c1-23-19-8-7-14(9-18(19)20)11-22-12-16(10-21)17(13-22)15-5-3-2-4-6-15;/h2-9,16-17H,10-13,21H2,1H3;1H/t16-,17+;/m1./s1. The zero-order chi connectivity index (χ0) is 16.2. The number of nitrogens with two attached hydrogens (primary N) is 1. The molecule has 24 heavy (non-hydrogen) atoms. The normalized spacial score (nSPS) is 20.6.